The van der Waals surface area contributed by atoms with Crippen LogP contribution in [0.2, 0.25) is 0 Å². The van der Waals surface area contributed by atoms with Crippen molar-refractivity contribution in [1.82, 2.24) is 0 Å². The van der Waals surface area contributed by atoms with E-state index in [9.17, 15) is 28.8 Å². The molecule has 12 nitrogen and oxygen atoms in total. The Bertz CT molecular complexity index is 2920. The highest BCUT2D eigenvalue weighted by Gasteiger charge is 2.29. The highest BCUT2D eigenvalue weighted by atomic mass is 16.6. The standard InChI is InChI=1S/C81H108O12/c1-58(31-34-70-64(7)28-19-46-79(70,10)11)22-16-25-61(4)43-49-88-73(82)37-40-76(85)91-55-67-52-68(56-92-77(86)41-38-74(83)89-50-44-62(5)26-17-23-59(2)32-35-71-65(8)29-20-47-80(71,12)13)54-69(53-67)57-93-78(87)42-39-75(84)90-51-45-63(6)27-18-24-60(3)33-36-72-66(9)30-21-48-81(72,14)15/h16-18,22-27,31-36,43-45,52-54H,19-21,28-30,37-42,46-51,55-57H2,1-15H3/b25-16+,26-17+,27-18+,34-31+,35-32+,36-33+,58-22+,59-23+,60-24+,61-43+,62-44+,63-45+. The summed E-state index contributed by atoms with van der Waals surface area (Å²) >= 11 is 0. The average Bonchev–Trinajstić information content (AvgIpc) is 1.09. The van der Waals surface area contributed by atoms with Crippen LogP contribution in [-0.2, 0) is 77.0 Å². The van der Waals surface area contributed by atoms with Gasteiger partial charge in [-0.2, -0.15) is 0 Å². The van der Waals surface area contributed by atoms with Gasteiger partial charge in [0.2, 0.25) is 0 Å². The van der Waals surface area contributed by atoms with Gasteiger partial charge in [0.1, 0.15) is 39.6 Å². The predicted octanol–water partition coefficient (Wildman–Crippen LogP) is 19.4. The van der Waals surface area contributed by atoms with Crippen LogP contribution in [0.4, 0.5) is 0 Å². The van der Waals surface area contributed by atoms with E-state index in [1.54, 1.807) is 36.4 Å². The van der Waals surface area contributed by atoms with Crippen LogP contribution in [-0.4, -0.2) is 55.6 Å². The highest BCUT2D eigenvalue weighted by molar-refractivity contribution is 5.79. The molecule has 0 bridgehead atoms. The number of esters is 6. The summed E-state index contributed by atoms with van der Waals surface area (Å²) < 4.78 is 32.7. The number of hydrogen-bond donors (Lipinski definition) is 0. The summed E-state index contributed by atoms with van der Waals surface area (Å²) in [6, 6.07) is 5.02. The molecule has 0 saturated carbocycles. The van der Waals surface area contributed by atoms with E-state index in [0.717, 1.165) is 52.7 Å². The van der Waals surface area contributed by atoms with Crippen LogP contribution in [0.25, 0.3) is 0 Å². The van der Waals surface area contributed by atoms with Crippen LogP contribution < -0.4 is 0 Å². The number of hydrogen-bond acceptors (Lipinski definition) is 12. The molecule has 0 atom stereocenters. The Balaban J connectivity index is 1.28. The Hall–Kier alpha value is -7.86. The maximum absolute atomic E-state index is 12.9. The fourth-order valence-corrected chi connectivity index (χ4v) is 11.5. The molecule has 0 unspecified atom stereocenters. The quantitative estimate of drug-likeness (QED) is 0.0373. The first-order valence-electron chi connectivity index (χ1n) is 33.3. The van der Waals surface area contributed by atoms with Crippen LogP contribution in [0.1, 0.15) is 217 Å². The van der Waals surface area contributed by atoms with Crippen molar-refractivity contribution in [1.29, 1.82) is 0 Å². The fraction of sp³-hybridized carbons (Fsp3) is 0.481. The third-order valence-corrected chi connectivity index (χ3v) is 17.2. The van der Waals surface area contributed by atoms with Gasteiger partial charge >= 0.3 is 35.8 Å². The molecule has 3 aliphatic carbocycles. The van der Waals surface area contributed by atoms with E-state index in [1.807, 2.05) is 75.5 Å². The molecule has 0 amide bonds. The number of ether oxygens (including phenoxy) is 6. The zero-order valence-corrected chi connectivity index (χ0v) is 58.9. The van der Waals surface area contributed by atoms with E-state index < -0.39 is 35.8 Å². The summed E-state index contributed by atoms with van der Waals surface area (Å²) in [6.07, 6.45) is 45.8. The molecule has 0 heterocycles. The third kappa shape index (κ3) is 30.6. The molecular weight excluding hydrogens is 1160 g/mol. The Labute approximate surface area is 557 Å². The molecule has 1 aromatic rings. The Morgan fingerprint density at radius 3 is 0.828 bits per heavy atom. The minimum atomic E-state index is -0.639. The van der Waals surface area contributed by atoms with Crippen LogP contribution >= 0.6 is 0 Å². The van der Waals surface area contributed by atoms with Crippen molar-refractivity contribution in [3.05, 3.63) is 211 Å². The van der Waals surface area contributed by atoms with Crippen LogP contribution in [0.5, 0.6) is 0 Å². The van der Waals surface area contributed by atoms with Gasteiger partial charge in [-0.1, -0.05) is 183 Å². The summed E-state index contributed by atoms with van der Waals surface area (Å²) in [6.45, 7) is 32.0. The molecule has 0 fully saturated rings. The molecular formula is C81H108O12. The summed E-state index contributed by atoms with van der Waals surface area (Å²) in [7, 11) is 0. The number of carbonyl (C=O) groups excluding carboxylic acids is 6. The molecule has 0 N–H and O–H groups in total. The molecule has 0 saturated heterocycles. The van der Waals surface area contributed by atoms with Crippen molar-refractivity contribution >= 4 is 35.8 Å². The SMILES string of the molecule is CC1=C(/C=C/C(C)=C/C=C/C(C)=C/COC(=O)CCC(=O)OCc2cc(COC(=O)CCC(=O)OC/C=C(C)/C=C/C=C(C)/C=C/C3=C(C)CCCC3(C)C)cc(COC(=O)CCC(=O)OC/C=C(C)/C=C/C=C(C)/C=C/C3=C(C)CCCC3(C)C)c2)C(C)(C)CCC1. The zero-order valence-electron chi connectivity index (χ0n) is 58.9. The maximum atomic E-state index is 12.9. The first kappa shape index (κ1) is 77.6. The summed E-state index contributed by atoms with van der Waals surface area (Å²) in [5, 5.41) is 0. The Morgan fingerprint density at radius 1 is 0.355 bits per heavy atom. The average molecular weight is 1270 g/mol. The lowest BCUT2D eigenvalue weighted by atomic mass is 9.72. The minimum Gasteiger partial charge on any atom is -0.461 e. The molecule has 0 radical (unpaired) electrons. The normalized spacial score (nSPS) is 17.8. The lowest BCUT2D eigenvalue weighted by Crippen LogP contribution is -2.19. The van der Waals surface area contributed by atoms with Gasteiger partial charge in [-0.15, -0.1) is 0 Å². The second-order valence-corrected chi connectivity index (χ2v) is 27.1. The molecule has 0 spiro atoms. The molecule has 93 heavy (non-hydrogen) atoms. The number of benzene rings is 1. The minimum absolute atomic E-state index is 0.0441. The zero-order chi connectivity index (χ0) is 68.6. The van der Waals surface area contributed by atoms with E-state index >= 15 is 0 Å². The van der Waals surface area contributed by atoms with E-state index in [2.05, 4.69) is 120 Å². The van der Waals surface area contributed by atoms with Crippen molar-refractivity contribution in [2.45, 2.75) is 220 Å². The lowest BCUT2D eigenvalue weighted by molar-refractivity contribution is -0.150. The summed E-state index contributed by atoms with van der Waals surface area (Å²) in [5.41, 5.74) is 16.7. The van der Waals surface area contributed by atoms with Crippen LogP contribution in [0.3, 0.4) is 0 Å². The Morgan fingerprint density at radius 2 is 0.591 bits per heavy atom. The number of allylic oxidation sites excluding steroid dienone is 27. The maximum Gasteiger partial charge on any atom is 0.306 e. The smallest absolute Gasteiger partial charge is 0.306 e. The second-order valence-electron chi connectivity index (χ2n) is 27.1. The van der Waals surface area contributed by atoms with Gasteiger partial charge in [-0.25, -0.2) is 0 Å². The number of carbonyl (C=O) groups is 6. The van der Waals surface area contributed by atoms with Crippen LogP contribution in [0, 0.1) is 16.2 Å². The first-order valence-corrected chi connectivity index (χ1v) is 33.3. The van der Waals surface area contributed by atoms with Gasteiger partial charge in [-0.3, -0.25) is 28.8 Å². The van der Waals surface area contributed by atoms with Crippen LogP contribution in [0.15, 0.2) is 194 Å². The molecule has 12 heteroatoms. The van der Waals surface area contributed by atoms with E-state index in [-0.39, 0.29) is 94.4 Å². The molecule has 1 aromatic carbocycles. The molecule has 3 aliphatic rings. The van der Waals surface area contributed by atoms with Crippen molar-refractivity contribution in [3.63, 3.8) is 0 Å². The highest BCUT2D eigenvalue weighted by Crippen LogP contribution is 2.43. The molecule has 0 aromatic heterocycles. The van der Waals surface area contributed by atoms with E-state index in [4.69, 9.17) is 28.4 Å². The fourth-order valence-electron chi connectivity index (χ4n) is 11.5. The van der Waals surface area contributed by atoms with Gasteiger partial charge in [0.25, 0.3) is 0 Å². The Kier molecular flexibility index (Phi) is 33.1. The van der Waals surface area contributed by atoms with Crippen molar-refractivity contribution < 1.29 is 57.2 Å². The second kappa shape index (κ2) is 39.6. The third-order valence-electron chi connectivity index (χ3n) is 17.2. The number of rotatable bonds is 33. The lowest BCUT2D eigenvalue weighted by Gasteiger charge is -2.33. The van der Waals surface area contributed by atoms with Gasteiger partial charge in [-0.05, 0) is 206 Å². The van der Waals surface area contributed by atoms with Gasteiger partial charge < -0.3 is 28.4 Å². The first-order chi connectivity index (χ1) is 44.0. The van der Waals surface area contributed by atoms with E-state index in [0.29, 0.717) is 16.7 Å². The van der Waals surface area contributed by atoms with Crippen molar-refractivity contribution in [2.75, 3.05) is 19.8 Å². The van der Waals surface area contributed by atoms with Crippen molar-refractivity contribution in [2.24, 2.45) is 16.2 Å². The molecule has 4 rings (SSSR count). The molecule has 0 aliphatic heterocycles. The van der Waals surface area contributed by atoms with Gasteiger partial charge in [0, 0.05) is 0 Å². The van der Waals surface area contributed by atoms with Gasteiger partial charge in [0.15, 0.2) is 0 Å². The topological polar surface area (TPSA) is 158 Å². The summed E-state index contributed by atoms with van der Waals surface area (Å²) in [4.78, 5) is 76.6. The molecule has 504 valence electrons. The van der Waals surface area contributed by atoms with E-state index in [1.165, 1.54) is 72.0 Å². The van der Waals surface area contributed by atoms with Crippen molar-refractivity contribution in [3.8, 4) is 0 Å². The van der Waals surface area contributed by atoms with Gasteiger partial charge in [0.05, 0.1) is 38.5 Å². The predicted molar refractivity (Wildman–Crippen MR) is 375 cm³/mol. The largest absolute Gasteiger partial charge is 0.461 e. The summed E-state index contributed by atoms with van der Waals surface area (Å²) in [5.74, 6) is -3.59. The monoisotopic (exact) mass is 1270 g/mol.